The fourth-order valence-electron chi connectivity index (χ4n) is 1.70. The second-order valence-corrected chi connectivity index (χ2v) is 4.44. The quantitative estimate of drug-likeness (QED) is 0.601. The molecule has 0 saturated heterocycles. The van der Waals surface area contributed by atoms with E-state index in [1.54, 1.807) is 0 Å². The molecule has 0 N–H and O–H groups in total. The van der Waals surface area contributed by atoms with Gasteiger partial charge in [0.2, 0.25) is 0 Å². The minimum atomic E-state index is 0.353. The predicted octanol–water partition coefficient (Wildman–Crippen LogP) is 4.16. The Morgan fingerprint density at radius 3 is 2.47 bits per heavy atom. The SMILES string of the molecule is Cc1ccccc1COc1ccc(C#CCCl)cc1. The Morgan fingerprint density at radius 2 is 1.79 bits per heavy atom. The minimum absolute atomic E-state index is 0.353. The van der Waals surface area contributed by atoms with Crippen molar-refractivity contribution >= 4 is 11.6 Å². The second kappa shape index (κ2) is 6.87. The van der Waals surface area contributed by atoms with E-state index >= 15 is 0 Å². The zero-order valence-corrected chi connectivity index (χ0v) is 11.6. The molecular weight excluding hydrogens is 256 g/mol. The topological polar surface area (TPSA) is 9.23 Å². The number of hydrogen-bond acceptors (Lipinski definition) is 1. The maximum atomic E-state index is 5.76. The summed E-state index contributed by atoms with van der Waals surface area (Å²) in [4.78, 5) is 0. The van der Waals surface area contributed by atoms with Crippen LogP contribution in [0.1, 0.15) is 16.7 Å². The molecule has 19 heavy (non-hydrogen) atoms. The highest BCUT2D eigenvalue weighted by Crippen LogP contribution is 2.15. The summed E-state index contributed by atoms with van der Waals surface area (Å²) in [5.74, 6) is 6.99. The number of aryl methyl sites for hydroxylation is 1. The van der Waals surface area contributed by atoms with Crippen LogP contribution in [0.3, 0.4) is 0 Å². The van der Waals surface area contributed by atoms with Crippen molar-refractivity contribution in [3.05, 3.63) is 65.2 Å². The monoisotopic (exact) mass is 270 g/mol. The average molecular weight is 271 g/mol. The first-order chi connectivity index (χ1) is 9.29. The number of rotatable bonds is 3. The minimum Gasteiger partial charge on any atom is -0.489 e. The Kier molecular flexibility index (Phi) is 4.89. The van der Waals surface area contributed by atoms with E-state index in [2.05, 4.69) is 30.9 Å². The predicted molar refractivity (Wildman–Crippen MR) is 79.6 cm³/mol. The normalized spacial score (nSPS) is 9.58. The largest absolute Gasteiger partial charge is 0.489 e. The first kappa shape index (κ1) is 13.5. The molecule has 0 heterocycles. The summed E-state index contributed by atoms with van der Waals surface area (Å²) in [6.45, 7) is 2.67. The Hall–Kier alpha value is -1.91. The first-order valence-corrected chi connectivity index (χ1v) is 6.65. The van der Waals surface area contributed by atoms with Crippen LogP contribution in [0.4, 0.5) is 0 Å². The van der Waals surface area contributed by atoms with Gasteiger partial charge in [-0.25, -0.2) is 0 Å². The molecule has 1 nitrogen and oxygen atoms in total. The maximum Gasteiger partial charge on any atom is 0.119 e. The zero-order valence-electron chi connectivity index (χ0n) is 10.8. The van der Waals surface area contributed by atoms with E-state index in [1.807, 2.05) is 36.4 Å². The van der Waals surface area contributed by atoms with Gasteiger partial charge in [-0.05, 0) is 42.3 Å². The summed E-state index contributed by atoms with van der Waals surface area (Å²) in [6.07, 6.45) is 0. The standard InChI is InChI=1S/C17H15ClO/c1-14-5-2-3-7-16(14)13-19-17-10-8-15(9-11-17)6-4-12-18/h2-3,5,7-11H,12-13H2,1H3. The molecule has 0 spiro atoms. The van der Waals surface area contributed by atoms with E-state index in [0.717, 1.165) is 11.3 Å². The third-order valence-corrected chi connectivity index (χ3v) is 2.94. The molecule has 0 aliphatic rings. The average Bonchev–Trinajstić information content (AvgIpc) is 2.45. The summed E-state index contributed by atoms with van der Waals surface area (Å²) >= 11 is 5.52. The number of hydrogen-bond donors (Lipinski definition) is 0. The molecule has 0 bridgehead atoms. The van der Waals surface area contributed by atoms with Crippen LogP contribution in [-0.2, 0) is 6.61 Å². The number of benzene rings is 2. The third kappa shape index (κ3) is 4.05. The van der Waals surface area contributed by atoms with Crippen LogP contribution in [0.15, 0.2) is 48.5 Å². The summed E-state index contributed by atoms with van der Waals surface area (Å²) in [5.41, 5.74) is 3.39. The van der Waals surface area contributed by atoms with E-state index in [0.29, 0.717) is 12.5 Å². The van der Waals surface area contributed by atoms with Crippen molar-refractivity contribution < 1.29 is 4.74 Å². The third-order valence-electron chi connectivity index (χ3n) is 2.81. The molecule has 2 heteroatoms. The highest BCUT2D eigenvalue weighted by atomic mass is 35.5. The van der Waals surface area contributed by atoms with Crippen molar-refractivity contribution in [2.75, 3.05) is 5.88 Å². The van der Waals surface area contributed by atoms with E-state index in [9.17, 15) is 0 Å². The molecule has 0 aliphatic heterocycles. The van der Waals surface area contributed by atoms with Crippen molar-refractivity contribution in [2.24, 2.45) is 0 Å². The van der Waals surface area contributed by atoms with E-state index < -0.39 is 0 Å². The van der Waals surface area contributed by atoms with Gasteiger partial charge in [0.25, 0.3) is 0 Å². The fraction of sp³-hybridized carbons (Fsp3) is 0.176. The molecule has 0 amide bonds. The molecule has 0 aliphatic carbocycles. The highest BCUT2D eigenvalue weighted by Gasteiger charge is 1.98. The molecule has 2 rings (SSSR count). The maximum absolute atomic E-state index is 5.76. The Labute approximate surface area is 119 Å². The van der Waals surface area contributed by atoms with E-state index in [-0.39, 0.29) is 0 Å². The summed E-state index contributed by atoms with van der Waals surface area (Å²) in [5, 5.41) is 0. The van der Waals surface area contributed by atoms with Crippen LogP contribution in [-0.4, -0.2) is 5.88 Å². The van der Waals surface area contributed by atoms with Crippen molar-refractivity contribution in [3.63, 3.8) is 0 Å². The fourth-order valence-corrected chi connectivity index (χ4v) is 1.77. The smallest absolute Gasteiger partial charge is 0.119 e. The van der Waals surface area contributed by atoms with Crippen LogP contribution in [0.25, 0.3) is 0 Å². The van der Waals surface area contributed by atoms with Gasteiger partial charge in [0.05, 0.1) is 5.88 Å². The number of ether oxygens (including phenoxy) is 1. The Bertz CT molecular complexity index is 591. The van der Waals surface area contributed by atoms with Gasteiger partial charge in [-0.2, -0.15) is 0 Å². The number of halogens is 1. The van der Waals surface area contributed by atoms with Crippen LogP contribution < -0.4 is 4.74 Å². The summed E-state index contributed by atoms with van der Waals surface area (Å²) in [6, 6.07) is 15.9. The van der Waals surface area contributed by atoms with Gasteiger partial charge < -0.3 is 4.74 Å². The summed E-state index contributed by atoms with van der Waals surface area (Å²) < 4.78 is 5.76. The van der Waals surface area contributed by atoms with Gasteiger partial charge in [-0.1, -0.05) is 36.1 Å². The molecule has 2 aromatic rings. The van der Waals surface area contributed by atoms with E-state index in [1.165, 1.54) is 11.1 Å². The van der Waals surface area contributed by atoms with Gasteiger partial charge in [0.15, 0.2) is 0 Å². The van der Waals surface area contributed by atoms with Gasteiger partial charge in [0, 0.05) is 5.56 Å². The Balaban J connectivity index is 1.99. The lowest BCUT2D eigenvalue weighted by molar-refractivity contribution is 0.305. The lowest BCUT2D eigenvalue weighted by atomic mass is 10.1. The molecule has 0 aromatic heterocycles. The van der Waals surface area contributed by atoms with Gasteiger partial charge in [-0.15, -0.1) is 11.6 Å². The van der Waals surface area contributed by atoms with Crippen LogP contribution in [0.5, 0.6) is 5.75 Å². The van der Waals surface area contributed by atoms with Crippen molar-refractivity contribution in [3.8, 4) is 17.6 Å². The van der Waals surface area contributed by atoms with Gasteiger partial charge in [0.1, 0.15) is 12.4 Å². The molecule has 0 unspecified atom stereocenters. The van der Waals surface area contributed by atoms with Gasteiger partial charge in [-0.3, -0.25) is 0 Å². The molecule has 96 valence electrons. The lowest BCUT2D eigenvalue weighted by Crippen LogP contribution is -1.97. The second-order valence-electron chi connectivity index (χ2n) is 4.17. The zero-order chi connectivity index (χ0) is 13.5. The molecule has 2 aromatic carbocycles. The lowest BCUT2D eigenvalue weighted by Gasteiger charge is -2.08. The first-order valence-electron chi connectivity index (χ1n) is 6.12. The van der Waals surface area contributed by atoms with Crippen molar-refractivity contribution in [1.82, 2.24) is 0 Å². The summed E-state index contributed by atoms with van der Waals surface area (Å²) in [7, 11) is 0. The van der Waals surface area contributed by atoms with Crippen LogP contribution in [0, 0.1) is 18.8 Å². The Morgan fingerprint density at radius 1 is 1.05 bits per heavy atom. The molecule has 0 atom stereocenters. The highest BCUT2D eigenvalue weighted by molar-refractivity contribution is 6.19. The van der Waals surface area contributed by atoms with Crippen molar-refractivity contribution in [1.29, 1.82) is 0 Å². The van der Waals surface area contributed by atoms with Crippen molar-refractivity contribution in [2.45, 2.75) is 13.5 Å². The molecule has 0 fully saturated rings. The van der Waals surface area contributed by atoms with E-state index in [4.69, 9.17) is 16.3 Å². The number of alkyl halides is 1. The molecule has 0 saturated carbocycles. The van der Waals surface area contributed by atoms with Crippen LogP contribution >= 0.6 is 11.6 Å². The van der Waals surface area contributed by atoms with Crippen LogP contribution in [0.2, 0.25) is 0 Å². The van der Waals surface area contributed by atoms with Gasteiger partial charge >= 0.3 is 0 Å². The molecular formula is C17H15ClO. The molecule has 0 radical (unpaired) electrons.